The summed E-state index contributed by atoms with van der Waals surface area (Å²) in [5, 5.41) is 0. The maximum absolute atomic E-state index is 5.23. The monoisotopic (exact) mass is 150 g/mol. The van der Waals surface area contributed by atoms with Crippen molar-refractivity contribution in [3.8, 4) is 0 Å². The smallest absolute Gasteiger partial charge is 0.143 e. The van der Waals surface area contributed by atoms with Crippen LogP contribution in [0, 0.1) is 6.61 Å². The zero-order valence-electron chi connectivity index (χ0n) is 6.25. The molecule has 1 aromatic heterocycles. The van der Waals surface area contributed by atoms with Crippen LogP contribution in [-0.2, 0) is 4.74 Å². The molecule has 1 atom stereocenters. The molecule has 1 unspecified atom stereocenters. The minimum atomic E-state index is 0.249. The molecule has 0 N–H and O–H groups in total. The molecule has 1 aliphatic heterocycles. The maximum atomic E-state index is 5.23. The van der Waals surface area contributed by atoms with Crippen molar-refractivity contribution in [2.45, 2.75) is 18.8 Å². The van der Waals surface area contributed by atoms with Gasteiger partial charge in [-0.15, -0.1) is 0 Å². The van der Waals surface area contributed by atoms with Crippen LogP contribution in [0.1, 0.15) is 24.5 Å². The molecule has 1 fully saturated rings. The number of hydrogen-bond acceptors (Lipinski definition) is 2. The minimum absolute atomic E-state index is 0.249. The summed E-state index contributed by atoms with van der Waals surface area (Å²) in [4.78, 5) is 0. The van der Waals surface area contributed by atoms with E-state index in [0.717, 1.165) is 25.2 Å². The topological polar surface area (TPSA) is 22.4 Å². The van der Waals surface area contributed by atoms with Gasteiger partial charge >= 0.3 is 0 Å². The van der Waals surface area contributed by atoms with Crippen LogP contribution in [-0.4, -0.2) is 6.61 Å². The molecule has 2 heteroatoms. The fourth-order valence-corrected chi connectivity index (χ4v) is 1.27. The molecule has 0 spiro atoms. The summed E-state index contributed by atoms with van der Waals surface area (Å²) < 4.78 is 10.3. The SMILES string of the molecule is [C]1OCCCC1c1ccco1. The van der Waals surface area contributed by atoms with Gasteiger partial charge in [0.15, 0.2) is 0 Å². The van der Waals surface area contributed by atoms with Gasteiger partial charge in [-0.25, -0.2) is 0 Å². The highest BCUT2D eigenvalue weighted by Gasteiger charge is 2.19. The predicted molar refractivity (Wildman–Crippen MR) is 39.9 cm³/mol. The van der Waals surface area contributed by atoms with Crippen molar-refractivity contribution >= 4 is 0 Å². The number of rotatable bonds is 1. The average Bonchev–Trinajstić information content (AvgIpc) is 2.58. The van der Waals surface area contributed by atoms with Crippen LogP contribution in [0.3, 0.4) is 0 Å². The van der Waals surface area contributed by atoms with Crippen LogP contribution >= 0.6 is 0 Å². The lowest BCUT2D eigenvalue weighted by Gasteiger charge is -2.17. The Morgan fingerprint density at radius 3 is 3.18 bits per heavy atom. The van der Waals surface area contributed by atoms with E-state index in [-0.39, 0.29) is 5.92 Å². The van der Waals surface area contributed by atoms with Crippen LogP contribution in [0.5, 0.6) is 0 Å². The van der Waals surface area contributed by atoms with Gasteiger partial charge in [0.1, 0.15) is 12.4 Å². The van der Waals surface area contributed by atoms with E-state index >= 15 is 0 Å². The van der Waals surface area contributed by atoms with Crippen molar-refractivity contribution in [3.05, 3.63) is 30.8 Å². The van der Waals surface area contributed by atoms with Gasteiger partial charge in [0.2, 0.25) is 0 Å². The number of furan rings is 1. The van der Waals surface area contributed by atoms with Crippen LogP contribution in [0.2, 0.25) is 0 Å². The Bertz CT molecular complexity index is 197. The first-order valence-corrected chi connectivity index (χ1v) is 3.87. The van der Waals surface area contributed by atoms with E-state index in [1.807, 2.05) is 12.1 Å². The molecular weight excluding hydrogens is 140 g/mol. The van der Waals surface area contributed by atoms with Gasteiger partial charge in [0.05, 0.1) is 12.2 Å². The first kappa shape index (κ1) is 6.92. The van der Waals surface area contributed by atoms with E-state index in [4.69, 9.17) is 9.15 Å². The molecular formula is C9H10O2. The molecule has 1 aliphatic rings. The van der Waals surface area contributed by atoms with E-state index in [1.165, 1.54) is 0 Å². The fourth-order valence-electron chi connectivity index (χ4n) is 1.27. The van der Waals surface area contributed by atoms with Crippen LogP contribution < -0.4 is 0 Å². The Kier molecular flexibility index (Phi) is 1.95. The number of hydrogen-bond donors (Lipinski definition) is 0. The Labute approximate surface area is 66.2 Å². The first-order valence-electron chi connectivity index (χ1n) is 3.87. The molecule has 11 heavy (non-hydrogen) atoms. The molecule has 1 aromatic rings. The summed E-state index contributed by atoms with van der Waals surface area (Å²) in [5.74, 6) is 1.21. The van der Waals surface area contributed by atoms with E-state index in [9.17, 15) is 0 Å². The molecule has 0 amide bonds. The fraction of sp³-hybridized carbons (Fsp3) is 0.444. The predicted octanol–water partition coefficient (Wildman–Crippen LogP) is 2.21. The largest absolute Gasteiger partial charge is 0.469 e. The van der Waals surface area contributed by atoms with Gasteiger partial charge in [0.25, 0.3) is 0 Å². The third-order valence-corrected chi connectivity index (χ3v) is 1.85. The van der Waals surface area contributed by atoms with Gasteiger partial charge < -0.3 is 9.15 Å². The molecule has 58 valence electrons. The summed E-state index contributed by atoms with van der Waals surface area (Å²) in [5.41, 5.74) is 0. The van der Waals surface area contributed by atoms with E-state index in [1.54, 1.807) is 6.26 Å². The van der Waals surface area contributed by atoms with Gasteiger partial charge in [-0.3, -0.25) is 0 Å². The van der Waals surface area contributed by atoms with Crippen LogP contribution in [0.15, 0.2) is 22.8 Å². The maximum Gasteiger partial charge on any atom is 0.143 e. The molecule has 0 bridgehead atoms. The van der Waals surface area contributed by atoms with Gasteiger partial charge in [-0.2, -0.15) is 0 Å². The Balaban J connectivity index is 2.04. The highest BCUT2D eigenvalue weighted by Crippen LogP contribution is 2.28. The standard InChI is InChI=1S/C9H10O2/c1-3-8(7-10-5-1)9-4-2-6-11-9/h2,4,6,8H,1,3,5H2. The van der Waals surface area contributed by atoms with Crippen molar-refractivity contribution in [2.24, 2.45) is 0 Å². The second kappa shape index (κ2) is 3.09. The summed E-state index contributed by atoms with van der Waals surface area (Å²) >= 11 is 0. The van der Waals surface area contributed by atoms with Crippen molar-refractivity contribution in [3.63, 3.8) is 0 Å². The van der Waals surface area contributed by atoms with Crippen molar-refractivity contribution < 1.29 is 9.15 Å². The summed E-state index contributed by atoms with van der Waals surface area (Å²) in [6, 6.07) is 3.86. The second-order valence-corrected chi connectivity index (χ2v) is 2.68. The van der Waals surface area contributed by atoms with E-state index in [2.05, 4.69) is 6.61 Å². The van der Waals surface area contributed by atoms with Crippen LogP contribution in [0.4, 0.5) is 0 Å². The molecule has 2 heterocycles. The zero-order chi connectivity index (χ0) is 7.52. The average molecular weight is 150 g/mol. The van der Waals surface area contributed by atoms with Crippen molar-refractivity contribution in [2.75, 3.05) is 6.61 Å². The molecule has 2 rings (SSSR count). The van der Waals surface area contributed by atoms with Gasteiger partial charge in [-0.1, -0.05) is 0 Å². The normalized spacial score (nSPS) is 25.3. The Hall–Kier alpha value is -0.760. The lowest BCUT2D eigenvalue weighted by atomic mass is 10.00. The Morgan fingerprint density at radius 2 is 2.55 bits per heavy atom. The van der Waals surface area contributed by atoms with E-state index < -0.39 is 0 Å². The summed E-state index contributed by atoms with van der Waals surface area (Å²) in [7, 11) is 0. The van der Waals surface area contributed by atoms with E-state index in [0.29, 0.717) is 0 Å². The second-order valence-electron chi connectivity index (χ2n) is 2.68. The van der Waals surface area contributed by atoms with Crippen molar-refractivity contribution in [1.29, 1.82) is 0 Å². The number of ether oxygens (including phenoxy) is 1. The summed E-state index contributed by atoms with van der Waals surface area (Å²) in [6.45, 7) is 3.73. The van der Waals surface area contributed by atoms with Gasteiger partial charge in [0, 0.05) is 6.61 Å². The zero-order valence-corrected chi connectivity index (χ0v) is 6.25. The molecule has 0 aliphatic carbocycles. The highest BCUT2D eigenvalue weighted by molar-refractivity contribution is 5.08. The third kappa shape index (κ3) is 1.46. The van der Waals surface area contributed by atoms with Crippen LogP contribution in [0.25, 0.3) is 0 Å². The minimum Gasteiger partial charge on any atom is -0.469 e. The quantitative estimate of drug-likeness (QED) is 0.612. The van der Waals surface area contributed by atoms with Crippen molar-refractivity contribution in [1.82, 2.24) is 0 Å². The lowest BCUT2D eigenvalue weighted by molar-refractivity contribution is 0.133. The third-order valence-electron chi connectivity index (χ3n) is 1.85. The summed E-state index contributed by atoms with van der Waals surface area (Å²) in [6.07, 6.45) is 3.87. The Morgan fingerprint density at radius 1 is 1.55 bits per heavy atom. The lowest BCUT2D eigenvalue weighted by Crippen LogP contribution is -2.09. The highest BCUT2D eigenvalue weighted by atomic mass is 16.5. The molecule has 2 nitrogen and oxygen atoms in total. The first-order chi connectivity index (χ1) is 5.47. The molecule has 2 radical (unpaired) electrons. The molecule has 0 aromatic carbocycles. The molecule has 1 saturated heterocycles. The molecule has 0 saturated carbocycles. The van der Waals surface area contributed by atoms with Gasteiger partial charge in [-0.05, 0) is 25.0 Å².